The minimum atomic E-state index is -0.618. The normalized spacial score (nSPS) is 12.8. The first-order valence-electron chi connectivity index (χ1n) is 6.02. The van der Waals surface area contributed by atoms with E-state index in [4.69, 9.17) is 4.42 Å². The van der Waals surface area contributed by atoms with Gasteiger partial charge in [0, 0.05) is 10.9 Å². The molecule has 0 fully saturated rings. The summed E-state index contributed by atoms with van der Waals surface area (Å²) in [7, 11) is 0. The van der Waals surface area contributed by atoms with Gasteiger partial charge in [-0.05, 0) is 18.6 Å². The van der Waals surface area contributed by atoms with Crippen LogP contribution in [0.4, 0.5) is 0 Å². The smallest absolute Gasteiger partial charge is 0.141 e. The lowest BCUT2D eigenvalue weighted by atomic mass is 10.0. The van der Waals surface area contributed by atoms with E-state index in [0.29, 0.717) is 5.76 Å². The quantitative estimate of drug-likeness (QED) is 0.727. The van der Waals surface area contributed by atoms with E-state index < -0.39 is 6.10 Å². The van der Waals surface area contributed by atoms with Gasteiger partial charge in [0.25, 0.3) is 0 Å². The average molecular weight is 238 g/mol. The molecular formula is C16H14O2. The Morgan fingerprint density at radius 3 is 2.33 bits per heavy atom. The highest BCUT2D eigenvalue weighted by molar-refractivity contribution is 5.95. The predicted molar refractivity (Wildman–Crippen MR) is 72.3 cm³/mol. The summed E-state index contributed by atoms with van der Waals surface area (Å²) in [6, 6.07) is 17.9. The number of furan rings is 1. The Bertz CT molecular complexity index is 666. The molecule has 1 aromatic heterocycles. The van der Waals surface area contributed by atoms with Crippen molar-refractivity contribution in [2.75, 3.05) is 0 Å². The zero-order valence-corrected chi connectivity index (χ0v) is 10.1. The van der Waals surface area contributed by atoms with Crippen LogP contribution in [0.25, 0.3) is 22.1 Å². The highest BCUT2D eigenvalue weighted by atomic mass is 16.4. The van der Waals surface area contributed by atoms with Gasteiger partial charge >= 0.3 is 0 Å². The molecule has 0 aliphatic carbocycles. The van der Waals surface area contributed by atoms with Crippen LogP contribution in [-0.4, -0.2) is 5.11 Å². The SMILES string of the molecule is CC(O)c1oc2ccccc2c1-c1ccccc1. The molecule has 1 atom stereocenters. The standard InChI is InChI=1S/C16H14O2/c1-11(17)16-15(12-7-3-2-4-8-12)13-9-5-6-10-14(13)18-16/h2-11,17H,1H3. The van der Waals surface area contributed by atoms with Crippen LogP contribution in [0.15, 0.2) is 59.0 Å². The Kier molecular flexibility index (Phi) is 2.65. The number of benzene rings is 2. The second-order valence-corrected chi connectivity index (χ2v) is 4.38. The van der Waals surface area contributed by atoms with Gasteiger partial charge in [0.15, 0.2) is 0 Å². The summed E-state index contributed by atoms with van der Waals surface area (Å²) in [5.41, 5.74) is 2.87. The van der Waals surface area contributed by atoms with Gasteiger partial charge < -0.3 is 9.52 Å². The summed E-state index contributed by atoms with van der Waals surface area (Å²) in [5.74, 6) is 0.627. The van der Waals surface area contributed by atoms with E-state index in [1.165, 1.54) is 0 Å². The van der Waals surface area contributed by atoms with Crippen molar-refractivity contribution in [3.63, 3.8) is 0 Å². The first-order chi connectivity index (χ1) is 8.77. The minimum absolute atomic E-state index is 0.618. The van der Waals surface area contributed by atoms with Gasteiger partial charge in [0.1, 0.15) is 17.4 Å². The first-order valence-corrected chi connectivity index (χ1v) is 6.02. The monoisotopic (exact) mass is 238 g/mol. The number of hydrogen-bond acceptors (Lipinski definition) is 2. The average Bonchev–Trinajstić information content (AvgIpc) is 2.79. The summed E-state index contributed by atoms with van der Waals surface area (Å²) in [5, 5.41) is 10.9. The summed E-state index contributed by atoms with van der Waals surface area (Å²) >= 11 is 0. The van der Waals surface area contributed by atoms with E-state index in [9.17, 15) is 5.11 Å². The summed E-state index contributed by atoms with van der Waals surface area (Å²) < 4.78 is 5.77. The van der Waals surface area contributed by atoms with Crippen molar-refractivity contribution in [3.05, 3.63) is 60.4 Å². The molecule has 18 heavy (non-hydrogen) atoms. The van der Waals surface area contributed by atoms with E-state index in [1.54, 1.807) is 6.92 Å². The van der Waals surface area contributed by atoms with Crippen molar-refractivity contribution >= 4 is 11.0 Å². The predicted octanol–water partition coefficient (Wildman–Crippen LogP) is 4.15. The van der Waals surface area contributed by atoms with Crippen molar-refractivity contribution in [2.45, 2.75) is 13.0 Å². The molecule has 1 N–H and O–H groups in total. The zero-order chi connectivity index (χ0) is 12.5. The van der Waals surface area contributed by atoms with Crippen LogP contribution in [0.1, 0.15) is 18.8 Å². The maximum Gasteiger partial charge on any atom is 0.141 e. The second-order valence-electron chi connectivity index (χ2n) is 4.38. The van der Waals surface area contributed by atoms with Crippen LogP contribution in [0, 0.1) is 0 Å². The highest BCUT2D eigenvalue weighted by Crippen LogP contribution is 2.37. The molecule has 0 aliphatic rings. The number of fused-ring (bicyclic) bond motifs is 1. The lowest BCUT2D eigenvalue weighted by Gasteiger charge is -2.05. The Balaban J connectivity index is 2.35. The fraction of sp³-hybridized carbons (Fsp3) is 0.125. The maximum atomic E-state index is 9.87. The van der Waals surface area contributed by atoms with Crippen LogP contribution >= 0.6 is 0 Å². The molecule has 0 spiro atoms. The number of para-hydroxylation sites is 1. The summed E-state index contributed by atoms with van der Waals surface area (Å²) in [4.78, 5) is 0. The molecule has 3 aromatic rings. The Morgan fingerprint density at radius 1 is 0.944 bits per heavy atom. The molecule has 1 heterocycles. The van der Waals surface area contributed by atoms with E-state index in [-0.39, 0.29) is 0 Å². The van der Waals surface area contributed by atoms with E-state index in [0.717, 1.165) is 22.1 Å². The molecule has 3 rings (SSSR count). The van der Waals surface area contributed by atoms with Gasteiger partial charge in [0.2, 0.25) is 0 Å². The molecule has 2 heteroatoms. The summed E-state index contributed by atoms with van der Waals surface area (Å²) in [6.45, 7) is 1.73. The molecule has 1 unspecified atom stereocenters. The molecule has 2 aromatic carbocycles. The van der Waals surface area contributed by atoms with Crippen molar-refractivity contribution in [1.29, 1.82) is 0 Å². The van der Waals surface area contributed by atoms with Gasteiger partial charge in [-0.3, -0.25) is 0 Å². The lowest BCUT2D eigenvalue weighted by Crippen LogP contribution is -1.90. The van der Waals surface area contributed by atoms with Crippen LogP contribution < -0.4 is 0 Å². The van der Waals surface area contributed by atoms with Crippen LogP contribution in [0.3, 0.4) is 0 Å². The molecular weight excluding hydrogens is 224 g/mol. The molecule has 0 aliphatic heterocycles. The largest absolute Gasteiger partial charge is 0.458 e. The lowest BCUT2D eigenvalue weighted by molar-refractivity contribution is 0.173. The summed E-state index contributed by atoms with van der Waals surface area (Å²) in [6.07, 6.45) is -0.618. The van der Waals surface area contributed by atoms with Crippen molar-refractivity contribution in [2.24, 2.45) is 0 Å². The molecule has 0 saturated heterocycles. The Hall–Kier alpha value is -2.06. The molecule has 0 bridgehead atoms. The number of hydrogen-bond donors (Lipinski definition) is 1. The van der Waals surface area contributed by atoms with E-state index in [2.05, 4.69) is 0 Å². The van der Waals surface area contributed by atoms with Gasteiger partial charge in [-0.15, -0.1) is 0 Å². The van der Waals surface area contributed by atoms with E-state index in [1.807, 2.05) is 54.6 Å². The van der Waals surface area contributed by atoms with Crippen molar-refractivity contribution in [1.82, 2.24) is 0 Å². The molecule has 0 amide bonds. The molecule has 0 radical (unpaired) electrons. The third-order valence-corrected chi connectivity index (χ3v) is 3.06. The van der Waals surface area contributed by atoms with Crippen molar-refractivity contribution in [3.8, 4) is 11.1 Å². The molecule has 2 nitrogen and oxygen atoms in total. The number of aliphatic hydroxyl groups excluding tert-OH is 1. The van der Waals surface area contributed by atoms with E-state index >= 15 is 0 Å². The fourth-order valence-corrected chi connectivity index (χ4v) is 2.26. The highest BCUT2D eigenvalue weighted by Gasteiger charge is 2.18. The Labute approximate surface area is 105 Å². The van der Waals surface area contributed by atoms with Gasteiger partial charge in [-0.2, -0.15) is 0 Å². The van der Waals surface area contributed by atoms with Gasteiger partial charge in [0.05, 0.1) is 0 Å². The maximum absolute atomic E-state index is 9.87. The van der Waals surface area contributed by atoms with Crippen LogP contribution in [0.2, 0.25) is 0 Å². The molecule has 0 saturated carbocycles. The second kappa shape index (κ2) is 4.31. The topological polar surface area (TPSA) is 33.4 Å². The number of rotatable bonds is 2. The van der Waals surface area contributed by atoms with Crippen LogP contribution in [0.5, 0.6) is 0 Å². The van der Waals surface area contributed by atoms with Crippen molar-refractivity contribution < 1.29 is 9.52 Å². The zero-order valence-electron chi connectivity index (χ0n) is 10.1. The van der Waals surface area contributed by atoms with Gasteiger partial charge in [-0.25, -0.2) is 0 Å². The Morgan fingerprint density at radius 2 is 1.61 bits per heavy atom. The first kappa shape index (κ1) is 11.1. The fourth-order valence-electron chi connectivity index (χ4n) is 2.26. The van der Waals surface area contributed by atoms with Gasteiger partial charge in [-0.1, -0.05) is 48.5 Å². The van der Waals surface area contributed by atoms with Crippen LogP contribution in [-0.2, 0) is 0 Å². The third-order valence-electron chi connectivity index (χ3n) is 3.06. The minimum Gasteiger partial charge on any atom is -0.458 e. The number of aliphatic hydroxyl groups is 1. The molecule has 90 valence electrons. The third kappa shape index (κ3) is 1.71.